The smallest absolute Gasteiger partial charge is 0.233 e. The van der Waals surface area contributed by atoms with E-state index in [-0.39, 0.29) is 28.6 Å². The molecule has 3 aliphatic carbocycles. The number of Topliss-reactive ketones (excluding diaryl/α,β-unsaturated/α-hetero) is 2. The van der Waals surface area contributed by atoms with Crippen molar-refractivity contribution in [2.24, 2.45) is 22.7 Å². The molecular weight excluding hydrogens is 304 g/mol. The van der Waals surface area contributed by atoms with Gasteiger partial charge in [0.2, 0.25) is 11.6 Å². The number of hydrogen-bond donors (Lipinski definition) is 2. The number of carbonyl (C=O) groups excluding carboxylic acids is 2. The van der Waals surface area contributed by atoms with E-state index in [0.717, 1.165) is 19.3 Å². The predicted octanol–water partition coefficient (Wildman–Crippen LogP) is 3.50. The minimum atomic E-state index is -0.888. The number of aliphatic hydroxyl groups is 2. The molecule has 0 saturated heterocycles. The van der Waals surface area contributed by atoms with Crippen LogP contribution in [0.4, 0.5) is 0 Å². The SMILES string of the molecule is CC(C)C1=C(O)C2=C(C(=O)C1=O)[C@@]1(C)CCCC(C)(C)C1CC2O. The van der Waals surface area contributed by atoms with E-state index in [1.807, 2.05) is 6.92 Å². The third-order valence-electron chi connectivity index (χ3n) is 6.63. The summed E-state index contributed by atoms with van der Waals surface area (Å²) in [6.07, 6.45) is 2.48. The number of aliphatic hydroxyl groups excluding tert-OH is 2. The van der Waals surface area contributed by atoms with Crippen LogP contribution in [0.25, 0.3) is 0 Å². The second kappa shape index (κ2) is 5.29. The van der Waals surface area contributed by atoms with E-state index >= 15 is 0 Å². The highest BCUT2D eigenvalue weighted by Crippen LogP contribution is 2.61. The third-order valence-corrected chi connectivity index (χ3v) is 6.63. The monoisotopic (exact) mass is 332 g/mol. The first-order chi connectivity index (χ1) is 11.0. The summed E-state index contributed by atoms with van der Waals surface area (Å²) in [6.45, 7) is 9.96. The molecule has 3 aliphatic rings. The molecule has 4 nitrogen and oxygen atoms in total. The Bertz CT molecular complexity index is 680. The molecule has 0 aromatic carbocycles. The molecule has 2 unspecified atom stereocenters. The van der Waals surface area contributed by atoms with Crippen LogP contribution in [-0.4, -0.2) is 27.9 Å². The molecule has 3 rings (SSSR count). The third kappa shape index (κ3) is 2.15. The van der Waals surface area contributed by atoms with Crippen molar-refractivity contribution in [1.29, 1.82) is 0 Å². The van der Waals surface area contributed by atoms with E-state index in [1.165, 1.54) is 0 Å². The molecule has 0 radical (unpaired) electrons. The fraction of sp³-hybridized carbons (Fsp3) is 0.700. The normalized spacial score (nSPS) is 36.1. The Morgan fingerprint density at radius 1 is 1.08 bits per heavy atom. The Hall–Kier alpha value is -1.42. The lowest BCUT2D eigenvalue weighted by Gasteiger charge is -2.56. The molecule has 0 bridgehead atoms. The first kappa shape index (κ1) is 17.4. The molecule has 0 aromatic rings. The Balaban J connectivity index is 2.27. The Morgan fingerprint density at radius 2 is 1.71 bits per heavy atom. The fourth-order valence-corrected chi connectivity index (χ4v) is 5.50. The molecule has 0 heterocycles. The molecule has 1 fully saturated rings. The van der Waals surface area contributed by atoms with E-state index in [0.29, 0.717) is 17.6 Å². The predicted molar refractivity (Wildman–Crippen MR) is 91.4 cm³/mol. The van der Waals surface area contributed by atoms with Gasteiger partial charge in [-0.3, -0.25) is 9.59 Å². The maximum absolute atomic E-state index is 13.0. The summed E-state index contributed by atoms with van der Waals surface area (Å²) < 4.78 is 0. The van der Waals surface area contributed by atoms with Crippen LogP contribution in [0.15, 0.2) is 22.5 Å². The number of carbonyl (C=O) groups is 2. The second-order valence-electron chi connectivity index (χ2n) is 8.93. The van der Waals surface area contributed by atoms with Gasteiger partial charge in [-0.2, -0.15) is 0 Å². The minimum Gasteiger partial charge on any atom is -0.507 e. The van der Waals surface area contributed by atoms with E-state index in [2.05, 4.69) is 13.8 Å². The fourth-order valence-electron chi connectivity index (χ4n) is 5.50. The van der Waals surface area contributed by atoms with Crippen molar-refractivity contribution in [3.05, 3.63) is 22.5 Å². The van der Waals surface area contributed by atoms with E-state index < -0.39 is 23.1 Å². The van der Waals surface area contributed by atoms with Crippen LogP contribution in [0.1, 0.15) is 60.3 Å². The molecule has 3 atom stereocenters. The first-order valence-corrected chi connectivity index (χ1v) is 8.97. The van der Waals surface area contributed by atoms with Crippen LogP contribution >= 0.6 is 0 Å². The zero-order valence-corrected chi connectivity index (χ0v) is 15.3. The van der Waals surface area contributed by atoms with Gasteiger partial charge in [0.1, 0.15) is 5.76 Å². The van der Waals surface area contributed by atoms with Gasteiger partial charge in [0, 0.05) is 22.1 Å². The summed E-state index contributed by atoms with van der Waals surface area (Å²) in [6, 6.07) is 0. The second-order valence-corrected chi connectivity index (χ2v) is 8.93. The molecule has 4 heteroatoms. The van der Waals surface area contributed by atoms with Gasteiger partial charge >= 0.3 is 0 Å². The van der Waals surface area contributed by atoms with Crippen LogP contribution < -0.4 is 0 Å². The number of ketones is 2. The van der Waals surface area contributed by atoms with E-state index in [9.17, 15) is 19.8 Å². The summed E-state index contributed by atoms with van der Waals surface area (Å²) in [4.78, 5) is 25.6. The zero-order chi connectivity index (χ0) is 18.0. The quantitative estimate of drug-likeness (QED) is 0.569. The number of allylic oxidation sites excluding steroid dienone is 2. The molecule has 1 saturated carbocycles. The number of fused-ring (bicyclic) bond motifs is 2. The van der Waals surface area contributed by atoms with Crippen LogP contribution in [0.5, 0.6) is 0 Å². The summed E-state index contributed by atoms with van der Waals surface area (Å²) in [5.41, 5.74) is 0.383. The van der Waals surface area contributed by atoms with Gasteiger partial charge in [0.05, 0.1) is 6.10 Å². The van der Waals surface area contributed by atoms with E-state index in [4.69, 9.17) is 0 Å². The van der Waals surface area contributed by atoms with Crippen molar-refractivity contribution in [2.75, 3.05) is 0 Å². The number of hydrogen-bond acceptors (Lipinski definition) is 4. The molecular formula is C20H28O4. The van der Waals surface area contributed by atoms with Gasteiger partial charge in [-0.15, -0.1) is 0 Å². The average molecular weight is 332 g/mol. The standard InChI is InChI=1S/C20H28O4/c1-10(2)13-16(22)14-11(21)9-12-19(3,4)7-6-8-20(12,5)15(14)18(24)17(13)23/h10-12,21-22H,6-9H2,1-5H3/t11?,12?,20-/m0/s1. The van der Waals surface area contributed by atoms with Crippen molar-refractivity contribution >= 4 is 11.6 Å². The van der Waals surface area contributed by atoms with Gasteiger partial charge in [0.25, 0.3) is 0 Å². The van der Waals surface area contributed by atoms with Crippen LogP contribution in [0.2, 0.25) is 0 Å². The van der Waals surface area contributed by atoms with Crippen LogP contribution in [0, 0.1) is 22.7 Å². The summed E-state index contributed by atoms with van der Waals surface area (Å²) in [7, 11) is 0. The maximum atomic E-state index is 13.0. The average Bonchev–Trinajstić information content (AvgIpc) is 2.45. The number of rotatable bonds is 1. The van der Waals surface area contributed by atoms with Crippen LogP contribution in [-0.2, 0) is 9.59 Å². The molecule has 0 aromatic heterocycles. The van der Waals surface area contributed by atoms with Gasteiger partial charge in [-0.25, -0.2) is 0 Å². The van der Waals surface area contributed by atoms with Crippen LogP contribution in [0.3, 0.4) is 0 Å². The largest absolute Gasteiger partial charge is 0.507 e. The maximum Gasteiger partial charge on any atom is 0.233 e. The van der Waals surface area contributed by atoms with Crippen molar-refractivity contribution in [3.63, 3.8) is 0 Å². The lowest BCUT2D eigenvalue weighted by atomic mass is 9.48. The van der Waals surface area contributed by atoms with Gasteiger partial charge in [-0.1, -0.05) is 41.0 Å². The van der Waals surface area contributed by atoms with Crippen molar-refractivity contribution < 1.29 is 19.8 Å². The highest BCUT2D eigenvalue weighted by molar-refractivity contribution is 6.50. The molecule has 2 N–H and O–H groups in total. The van der Waals surface area contributed by atoms with Gasteiger partial charge in [-0.05, 0) is 36.5 Å². The van der Waals surface area contributed by atoms with E-state index in [1.54, 1.807) is 13.8 Å². The lowest BCUT2D eigenvalue weighted by Crippen LogP contribution is -2.52. The molecule has 0 amide bonds. The molecule has 24 heavy (non-hydrogen) atoms. The van der Waals surface area contributed by atoms with Crippen molar-refractivity contribution in [1.82, 2.24) is 0 Å². The zero-order valence-electron chi connectivity index (χ0n) is 15.3. The first-order valence-electron chi connectivity index (χ1n) is 8.97. The van der Waals surface area contributed by atoms with Crippen molar-refractivity contribution in [3.8, 4) is 0 Å². The topological polar surface area (TPSA) is 74.6 Å². The van der Waals surface area contributed by atoms with Gasteiger partial charge < -0.3 is 10.2 Å². The minimum absolute atomic E-state index is 0.00645. The Labute approximate surface area is 143 Å². The van der Waals surface area contributed by atoms with Gasteiger partial charge in [0.15, 0.2) is 0 Å². The lowest BCUT2D eigenvalue weighted by molar-refractivity contribution is -0.135. The molecule has 132 valence electrons. The summed E-state index contributed by atoms with van der Waals surface area (Å²) in [5, 5.41) is 21.5. The van der Waals surface area contributed by atoms with Crippen molar-refractivity contribution in [2.45, 2.75) is 66.4 Å². The summed E-state index contributed by atoms with van der Waals surface area (Å²) in [5.74, 6) is -1.40. The Morgan fingerprint density at radius 3 is 2.29 bits per heavy atom. The Kier molecular flexibility index (Phi) is 3.83. The highest BCUT2D eigenvalue weighted by Gasteiger charge is 2.57. The molecule has 0 aliphatic heterocycles. The molecule has 0 spiro atoms. The summed E-state index contributed by atoms with van der Waals surface area (Å²) >= 11 is 0. The highest BCUT2D eigenvalue weighted by atomic mass is 16.3.